The molecule has 0 aliphatic carbocycles. The Balaban J connectivity index is 1.86. The smallest absolute Gasteiger partial charge is 0.270 e. The van der Waals surface area contributed by atoms with E-state index in [4.69, 9.17) is 14.2 Å². The van der Waals surface area contributed by atoms with E-state index in [1.807, 2.05) is 6.07 Å². The molecule has 0 saturated heterocycles. The number of hydrogen-bond acceptors (Lipinski definition) is 6. The number of anilines is 2. The number of rotatable bonds is 8. The third kappa shape index (κ3) is 5.03. The van der Waals surface area contributed by atoms with Crippen LogP contribution in [-0.4, -0.2) is 35.7 Å². The van der Waals surface area contributed by atoms with Crippen LogP contribution in [0.1, 0.15) is 23.6 Å². The molecule has 37 heavy (non-hydrogen) atoms. The Morgan fingerprint density at radius 2 is 1.68 bits per heavy atom. The lowest BCUT2D eigenvalue weighted by Gasteiger charge is -2.33. The molecule has 0 radical (unpaired) electrons. The van der Waals surface area contributed by atoms with Crippen molar-refractivity contribution in [3.8, 4) is 11.5 Å². The van der Waals surface area contributed by atoms with E-state index in [0.29, 0.717) is 29.4 Å². The Hall–Kier alpha value is -3.89. The van der Waals surface area contributed by atoms with Crippen LogP contribution in [0.4, 0.5) is 15.8 Å². The Morgan fingerprint density at radius 1 is 0.973 bits per heavy atom. The van der Waals surface area contributed by atoms with E-state index >= 15 is 0 Å². The molecule has 1 amide bonds. The highest BCUT2D eigenvalue weighted by molar-refractivity contribution is 7.97. The maximum atomic E-state index is 14.6. The fraction of sp³-hybridized carbons (Fsp3) is 0.222. The zero-order chi connectivity index (χ0) is 26.7. The highest BCUT2D eigenvalue weighted by atomic mass is 32.2. The van der Waals surface area contributed by atoms with Crippen molar-refractivity contribution < 1.29 is 31.8 Å². The molecule has 1 aliphatic heterocycles. The fourth-order valence-corrected chi connectivity index (χ4v) is 5.98. The minimum atomic E-state index is -4.41. The second-order valence-corrected chi connectivity index (χ2v) is 10.2. The van der Waals surface area contributed by atoms with Crippen molar-refractivity contribution in [3.05, 3.63) is 88.1 Å². The van der Waals surface area contributed by atoms with E-state index < -0.39 is 26.7 Å². The SMILES string of the molecule is COCc1cccc(NC(=O)C2=C(C)c3cc(OC)c(OC)cc3N(Cc3ccccc3F)S2(=O)=O)c1. The quantitative estimate of drug-likeness (QED) is 0.457. The third-order valence-electron chi connectivity index (χ3n) is 6.04. The van der Waals surface area contributed by atoms with E-state index in [0.717, 1.165) is 9.87 Å². The first-order valence-corrected chi connectivity index (χ1v) is 12.8. The standard InChI is InChI=1S/C27H27FN2O6S/c1-17-21-13-24(35-3)25(36-4)14-23(21)30(15-19-9-5-6-11-22(19)28)37(32,33)26(17)27(31)29-20-10-7-8-18(12-20)16-34-2/h5-14H,15-16H2,1-4H3,(H,29,31). The summed E-state index contributed by atoms with van der Waals surface area (Å²) in [6.07, 6.45) is 0. The second kappa shape index (κ2) is 10.6. The van der Waals surface area contributed by atoms with Crippen molar-refractivity contribution in [2.45, 2.75) is 20.1 Å². The summed E-state index contributed by atoms with van der Waals surface area (Å²) < 4.78 is 59.4. The van der Waals surface area contributed by atoms with Crippen molar-refractivity contribution in [2.24, 2.45) is 0 Å². The maximum Gasteiger partial charge on any atom is 0.270 e. The first-order chi connectivity index (χ1) is 17.7. The number of fused-ring (bicyclic) bond motifs is 1. The number of nitrogens with one attached hydrogen (secondary N) is 1. The second-order valence-electron chi connectivity index (χ2n) is 8.37. The van der Waals surface area contributed by atoms with Crippen LogP contribution in [0.3, 0.4) is 0 Å². The van der Waals surface area contributed by atoms with Crippen molar-refractivity contribution in [2.75, 3.05) is 31.0 Å². The minimum Gasteiger partial charge on any atom is -0.493 e. The largest absolute Gasteiger partial charge is 0.493 e. The molecular weight excluding hydrogens is 499 g/mol. The molecule has 0 saturated carbocycles. The number of sulfonamides is 1. The summed E-state index contributed by atoms with van der Waals surface area (Å²) in [4.78, 5) is 13.0. The Labute approximate surface area is 215 Å². The summed E-state index contributed by atoms with van der Waals surface area (Å²) in [5.41, 5.74) is 2.29. The van der Waals surface area contributed by atoms with E-state index in [2.05, 4.69) is 5.32 Å². The van der Waals surface area contributed by atoms with E-state index in [9.17, 15) is 17.6 Å². The molecule has 4 rings (SSSR count). The lowest BCUT2D eigenvalue weighted by molar-refractivity contribution is -0.112. The Kier molecular flexibility index (Phi) is 7.51. The predicted octanol–water partition coefficient (Wildman–Crippen LogP) is 4.71. The van der Waals surface area contributed by atoms with Gasteiger partial charge in [-0.05, 0) is 42.3 Å². The zero-order valence-electron chi connectivity index (χ0n) is 20.9. The average molecular weight is 527 g/mol. The van der Waals surface area contributed by atoms with Gasteiger partial charge in [0.2, 0.25) is 0 Å². The van der Waals surface area contributed by atoms with Gasteiger partial charge in [0.15, 0.2) is 16.4 Å². The molecule has 1 heterocycles. The van der Waals surface area contributed by atoms with Crippen molar-refractivity contribution >= 4 is 32.9 Å². The van der Waals surface area contributed by atoms with Gasteiger partial charge in [-0.1, -0.05) is 30.3 Å². The Bertz CT molecular complexity index is 1490. The number of methoxy groups -OCH3 is 3. The number of amides is 1. The monoisotopic (exact) mass is 526 g/mol. The fourth-order valence-electron chi connectivity index (χ4n) is 4.26. The molecular formula is C27H27FN2O6S. The third-order valence-corrected chi connectivity index (χ3v) is 7.95. The summed E-state index contributed by atoms with van der Waals surface area (Å²) >= 11 is 0. The molecule has 0 bridgehead atoms. The highest BCUT2D eigenvalue weighted by Crippen LogP contribution is 2.45. The molecule has 0 spiro atoms. The van der Waals surface area contributed by atoms with E-state index in [1.165, 1.54) is 38.5 Å². The topological polar surface area (TPSA) is 94.2 Å². The summed E-state index contributed by atoms with van der Waals surface area (Å²) in [7, 11) is 0.0331. The van der Waals surface area contributed by atoms with Gasteiger partial charge in [-0.2, -0.15) is 0 Å². The van der Waals surface area contributed by atoms with Crippen LogP contribution < -0.4 is 19.1 Å². The van der Waals surface area contributed by atoms with Crippen LogP contribution in [0.2, 0.25) is 0 Å². The molecule has 3 aromatic rings. The molecule has 0 fully saturated rings. The lowest BCUT2D eigenvalue weighted by atomic mass is 10.0. The van der Waals surface area contributed by atoms with Gasteiger partial charge in [-0.3, -0.25) is 9.10 Å². The van der Waals surface area contributed by atoms with Crippen LogP contribution in [-0.2, 0) is 32.7 Å². The van der Waals surface area contributed by atoms with Gasteiger partial charge >= 0.3 is 0 Å². The number of carbonyl (C=O) groups excluding carboxylic acids is 1. The first-order valence-electron chi connectivity index (χ1n) is 11.3. The van der Waals surface area contributed by atoms with Crippen LogP contribution in [0.15, 0.2) is 65.6 Å². The number of halogens is 1. The Morgan fingerprint density at radius 3 is 2.35 bits per heavy atom. The molecule has 3 aromatic carbocycles. The molecule has 1 N–H and O–H groups in total. The van der Waals surface area contributed by atoms with Crippen LogP contribution >= 0.6 is 0 Å². The first kappa shape index (κ1) is 26.2. The van der Waals surface area contributed by atoms with Gasteiger partial charge in [0.05, 0.1) is 33.1 Å². The van der Waals surface area contributed by atoms with Gasteiger partial charge in [-0.25, -0.2) is 12.8 Å². The molecule has 0 unspecified atom stereocenters. The average Bonchev–Trinajstić information content (AvgIpc) is 2.87. The van der Waals surface area contributed by atoms with Crippen LogP contribution in [0, 0.1) is 5.82 Å². The van der Waals surface area contributed by atoms with Gasteiger partial charge in [-0.15, -0.1) is 0 Å². The number of benzene rings is 3. The number of nitrogens with zero attached hydrogens (tertiary/aromatic N) is 1. The number of hydrogen-bond donors (Lipinski definition) is 1. The molecule has 194 valence electrons. The predicted molar refractivity (Wildman–Crippen MR) is 139 cm³/mol. The van der Waals surface area contributed by atoms with Gasteiger partial charge in [0, 0.05) is 30.0 Å². The van der Waals surface area contributed by atoms with Crippen molar-refractivity contribution in [1.82, 2.24) is 0 Å². The summed E-state index contributed by atoms with van der Waals surface area (Å²) in [5.74, 6) is -0.721. The summed E-state index contributed by atoms with van der Waals surface area (Å²) in [6.45, 7) is 1.55. The van der Waals surface area contributed by atoms with Crippen LogP contribution in [0.25, 0.3) is 5.57 Å². The zero-order valence-corrected chi connectivity index (χ0v) is 21.7. The molecule has 0 atom stereocenters. The van der Waals surface area contributed by atoms with E-state index in [1.54, 1.807) is 44.4 Å². The minimum absolute atomic E-state index is 0.151. The van der Waals surface area contributed by atoms with E-state index in [-0.39, 0.29) is 23.4 Å². The van der Waals surface area contributed by atoms with Crippen LogP contribution in [0.5, 0.6) is 11.5 Å². The highest BCUT2D eigenvalue weighted by Gasteiger charge is 2.40. The van der Waals surface area contributed by atoms with Gasteiger partial charge in [0.25, 0.3) is 15.9 Å². The normalized spacial score (nSPS) is 14.2. The summed E-state index contributed by atoms with van der Waals surface area (Å²) in [5, 5.41) is 2.69. The summed E-state index contributed by atoms with van der Waals surface area (Å²) in [6, 6.07) is 15.9. The molecule has 10 heteroatoms. The number of allylic oxidation sites excluding steroid dienone is 1. The molecule has 0 aromatic heterocycles. The molecule has 8 nitrogen and oxygen atoms in total. The maximum absolute atomic E-state index is 14.6. The lowest BCUT2D eigenvalue weighted by Crippen LogP contribution is -2.39. The van der Waals surface area contributed by atoms with Crippen molar-refractivity contribution in [3.63, 3.8) is 0 Å². The number of ether oxygens (including phenoxy) is 3. The number of carbonyl (C=O) groups is 1. The van der Waals surface area contributed by atoms with Crippen molar-refractivity contribution in [1.29, 1.82) is 0 Å². The van der Waals surface area contributed by atoms with Gasteiger partial charge in [0.1, 0.15) is 5.82 Å². The molecule has 1 aliphatic rings. The van der Waals surface area contributed by atoms with Gasteiger partial charge < -0.3 is 19.5 Å².